The highest BCUT2D eigenvalue weighted by Gasteiger charge is 2.41. The van der Waals surface area contributed by atoms with Crippen LogP contribution in [-0.4, -0.2) is 23.1 Å². The molecule has 0 aromatic heterocycles. The number of para-hydroxylation sites is 1. The van der Waals surface area contributed by atoms with Crippen LogP contribution in [0.3, 0.4) is 0 Å². The topological polar surface area (TPSA) is 78.5 Å². The molecule has 4 amide bonds. The number of carbonyl (C=O) groups is 3. The number of nitrogens with one attached hydrogen (secondary N) is 2. The van der Waals surface area contributed by atoms with Gasteiger partial charge < -0.3 is 10.6 Å². The second-order valence-corrected chi connectivity index (χ2v) is 8.68. The first-order valence-electron chi connectivity index (χ1n) is 10.1. The number of nitrogens with zero attached hydrogens (tertiary/aromatic N) is 1. The Labute approximate surface area is 197 Å². The monoisotopic (exact) mass is 485 g/mol. The van der Waals surface area contributed by atoms with Crippen molar-refractivity contribution in [1.29, 1.82) is 0 Å². The Morgan fingerprint density at radius 2 is 1.56 bits per heavy atom. The van der Waals surface area contributed by atoms with Crippen LogP contribution in [0.1, 0.15) is 12.0 Å². The van der Waals surface area contributed by atoms with Crippen molar-refractivity contribution in [3.8, 4) is 0 Å². The third-order valence-corrected chi connectivity index (χ3v) is 6.12. The van der Waals surface area contributed by atoms with Crippen LogP contribution >= 0.6 is 11.8 Å². The number of imide groups is 1. The molecule has 174 valence electrons. The van der Waals surface area contributed by atoms with E-state index in [2.05, 4.69) is 10.6 Å². The van der Waals surface area contributed by atoms with Crippen LogP contribution in [0.4, 0.5) is 35.0 Å². The smallest absolute Gasteiger partial charge is 0.308 e. The van der Waals surface area contributed by atoms with E-state index in [9.17, 15) is 27.6 Å². The van der Waals surface area contributed by atoms with Gasteiger partial charge in [-0.2, -0.15) is 13.2 Å². The molecule has 3 aromatic carbocycles. The van der Waals surface area contributed by atoms with E-state index >= 15 is 0 Å². The van der Waals surface area contributed by atoms with Crippen LogP contribution in [0.25, 0.3) is 0 Å². The number of hydrogen-bond acceptors (Lipinski definition) is 4. The molecule has 4 rings (SSSR count). The van der Waals surface area contributed by atoms with Gasteiger partial charge in [0.15, 0.2) is 0 Å². The highest BCUT2D eigenvalue weighted by molar-refractivity contribution is 8.00. The molecule has 0 spiro atoms. The first-order chi connectivity index (χ1) is 16.2. The second-order valence-electron chi connectivity index (χ2n) is 7.40. The molecule has 34 heavy (non-hydrogen) atoms. The van der Waals surface area contributed by atoms with E-state index < -0.39 is 34.8 Å². The van der Waals surface area contributed by atoms with Crippen LogP contribution in [0.15, 0.2) is 83.8 Å². The van der Waals surface area contributed by atoms with E-state index in [0.29, 0.717) is 16.3 Å². The van der Waals surface area contributed by atoms with Crippen molar-refractivity contribution in [3.63, 3.8) is 0 Å². The molecule has 10 heteroatoms. The number of hydrogen-bond donors (Lipinski definition) is 2. The van der Waals surface area contributed by atoms with Gasteiger partial charge in [0.1, 0.15) is 0 Å². The van der Waals surface area contributed by atoms with Crippen molar-refractivity contribution >= 4 is 46.7 Å². The minimum Gasteiger partial charge on any atom is -0.308 e. The number of thioether (sulfide) groups is 1. The molecule has 3 aromatic rings. The van der Waals surface area contributed by atoms with Gasteiger partial charge in [-0.1, -0.05) is 30.3 Å². The molecule has 1 fully saturated rings. The molecule has 0 bridgehead atoms. The molecular weight excluding hydrogens is 467 g/mol. The fourth-order valence-corrected chi connectivity index (χ4v) is 4.53. The van der Waals surface area contributed by atoms with Crippen LogP contribution in [-0.2, 0) is 15.8 Å². The number of urea groups is 1. The zero-order chi connectivity index (χ0) is 24.3. The summed E-state index contributed by atoms with van der Waals surface area (Å²) in [6, 6.07) is 19.3. The normalized spacial score (nSPS) is 16.0. The van der Waals surface area contributed by atoms with E-state index in [0.717, 1.165) is 34.9 Å². The average molecular weight is 485 g/mol. The highest BCUT2D eigenvalue weighted by atomic mass is 32.2. The van der Waals surface area contributed by atoms with Crippen molar-refractivity contribution < 1.29 is 27.6 Å². The van der Waals surface area contributed by atoms with Crippen LogP contribution in [0, 0.1) is 0 Å². The number of carbonyl (C=O) groups excluding carboxylic acids is 3. The Kier molecular flexibility index (Phi) is 6.60. The van der Waals surface area contributed by atoms with Gasteiger partial charge in [0.25, 0.3) is 0 Å². The Morgan fingerprint density at radius 1 is 0.882 bits per heavy atom. The maximum absolute atomic E-state index is 13.0. The number of anilines is 3. The van der Waals surface area contributed by atoms with Gasteiger partial charge in [0.2, 0.25) is 11.8 Å². The van der Waals surface area contributed by atoms with Crippen LogP contribution in [0.2, 0.25) is 0 Å². The lowest BCUT2D eigenvalue weighted by Gasteiger charge is -2.17. The lowest BCUT2D eigenvalue weighted by atomic mass is 10.2. The largest absolute Gasteiger partial charge is 0.416 e. The fourth-order valence-electron chi connectivity index (χ4n) is 3.42. The summed E-state index contributed by atoms with van der Waals surface area (Å²) < 4.78 is 39.1. The molecule has 1 unspecified atom stereocenters. The molecule has 0 aliphatic carbocycles. The lowest BCUT2D eigenvalue weighted by Crippen LogP contribution is -2.31. The third kappa shape index (κ3) is 5.40. The highest BCUT2D eigenvalue weighted by Crippen LogP contribution is 2.37. The number of benzene rings is 3. The van der Waals surface area contributed by atoms with Crippen molar-refractivity contribution in [3.05, 3.63) is 84.4 Å². The molecular formula is C24H18F3N3O3S. The fraction of sp³-hybridized carbons (Fsp3) is 0.125. The second kappa shape index (κ2) is 9.60. The number of halogens is 3. The van der Waals surface area contributed by atoms with E-state index in [1.807, 2.05) is 6.07 Å². The summed E-state index contributed by atoms with van der Waals surface area (Å²) in [7, 11) is 0. The molecule has 6 nitrogen and oxygen atoms in total. The zero-order valence-electron chi connectivity index (χ0n) is 17.5. The predicted octanol–water partition coefficient (Wildman–Crippen LogP) is 5.77. The minimum atomic E-state index is -4.59. The maximum Gasteiger partial charge on any atom is 0.416 e. The Hall–Kier alpha value is -3.79. The summed E-state index contributed by atoms with van der Waals surface area (Å²) in [6.45, 7) is 0. The van der Waals surface area contributed by atoms with Gasteiger partial charge in [-0.15, -0.1) is 11.8 Å². The summed E-state index contributed by atoms with van der Waals surface area (Å²) in [5, 5.41) is 4.60. The van der Waals surface area contributed by atoms with Crippen LogP contribution < -0.4 is 15.5 Å². The van der Waals surface area contributed by atoms with Crippen molar-refractivity contribution in [2.75, 3.05) is 15.5 Å². The number of rotatable bonds is 5. The molecule has 0 radical (unpaired) electrons. The van der Waals surface area contributed by atoms with Crippen molar-refractivity contribution in [1.82, 2.24) is 0 Å². The van der Waals surface area contributed by atoms with Gasteiger partial charge in [0, 0.05) is 22.7 Å². The van der Waals surface area contributed by atoms with Crippen molar-refractivity contribution in [2.45, 2.75) is 22.7 Å². The standard InChI is InChI=1S/C24H18F3N3O3S/c25-24(26,27)15-6-4-10-18(12-15)30-21(31)14-20(22(30)32)34-19-11-5-9-17(13-19)29-23(33)28-16-7-2-1-3-8-16/h1-13,20H,14H2,(H2,28,29,33). The van der Waals surface area contributed by atoms with Gasteiger partial charge in [-0.05, 0) is 48.5 Å². The lowest BCUT2D eigenvalue weighted by molar-refractivity contribution is -0.137. The van der Waals surface area contributed by atoms with Gasteiger partial charge in [-0.3, -0.25) is 9.59 Å². The molecule has 0 saturated carbocycles. The van der Waals surface area contributed by atoms with E-state index in [-0.39, 0.29) is 12.1 Å². The zero-order valence-corrected chi connectivity index (χ0v) is 18.3. The van der Waals surface area contributed by atoms with Crippen LogP contribution in [0.5, 0.6) is 0 Å². The first-order valence-corrected chi connectivity index (χ1v) is 11.0. The number of amides is 4. The number of alkyl halides is 3. The molecule has 1 saturated heterocycles. The molecule has 1 atom stereocenters. The van der Waals surface area contributed by atoms with Crippen molar-refractivity contribution in [2.24, 2.45) is 0 Å². The molecule has 1 aliphatic rings. The van der Waals surface area contributed by atoms with E-state index in [1.54, 1.807) is 48.5 Å². The summed E-state index contributed by atoms with van der Waals surface area (Å²) in [6.07, 6.45) is -4.73. The molecule has 2 N–H and O–H groups in total. The molecule has 1 aliphatic heterocycles. The first kappa shape index (κ1) is 23.4. The van der Waals surface area contributed by atoms with Gasteiger partial charge >= 0.3 is 12.2 Å². The summed E-state index contributed by atoms with van der Waals surface area (Å²) in [4.78, 5) is 39.0. The maximum atomic E-state index is 13.0. The Morgan fingerprint density at radius 3 is 2.29 bits per heavy atom. The predicted molar refractivity (Wildman–Crippen MR) is 124 cm³/mol. The average Bonchev–Trinajstić information content (AvgIpc) is 3.06. The van der Waals surface area contributed by atoms with Gasteiger partial charge in [0.05, 0.1) is 16.5 Å². The Balaban J connectivity index is 1.44. The third-order valence-electron chi connectivity index (χ3n) is 4.94. The SMILES string of the molecule is O=C(Nc1ccccc1)Nc1cccc(SC2CC(=O)N(c3cccc(C(F)(F)F)c3)C2=O)c1. The van der Waals surface area contributed by atoms with E-state index in [1.165, 1.54) is 6.07 Å². The van der Waals surface area contributed by atoms with E-state index in [4.69, 9.17) is 0 Å². The quantitative estimate of drug-likeness (QED) is 0.450. The van der Waals surface area contributed by atoms with Gasteiger partial charge in [-0.25, -0.2) is 9.69 Å². The molecule has 1 heterocycles. The summed E-state index contributed by atoms with van der Waals surface area (Å²) >= 11 is 1.11. The summed E-state index contributed by atoms with van der Waals surface area (Å²) in [5.74, 6) is -1.16. The Bertz CT molecular complexity index is 1230. The minimum absolute atomic E-state index is 0.110. The summed E-state index contributed by atoms with van der Waals surface area (Å²) in [5.41, 5.74) is 0.0513.